The van der Waals surface area contributed by atoms with E-state index in [2.05, 4.69) is 4.99 Å². The summed E-state index contributed by atoms with van der Waals surface area (Å²) in [4.78, 5) is 15.7. The number of aliphatic imine (C=N–C) groups is 1. The average Bonchev–Trinajstić information content (AvgIpc) is 2.52. The first-order valence-electron chi connectivity index (χ1n) is 7.20. The highest BCUT2D eigenvalue weighted by Gasteiger charge is 2.22. The van der Waals surface area contributed by atoms with Crippen molar-refractivity contribution in [1.29, 1.82) is 0 Å². The van der Waals surface area contributed by atoms with Crippen LogP contribution in [0.5, 0.6) is 23.0 Å². The van der Waals surface area contributed by atoms with Gasteiger partial charge in [-0.25, -0.2) is 4.79 Å². The van der Waals surface area contributed by atoms with Crippen LogP contribution in [-0.4, -0.2) is 37.2 Å². The fourth-order valence-corrected chi connectivity index (χ4v) is 2.79. The molecule has 0 fully saturated rings. The summed E-state index contributed by atoms with van der Waals surface area (Å²) < 4.78 is 0. The molecule has 0 atom stereocenters. The van der Waals surface area contributed by atoms with Crippen LogP contribution in [0.2, 0.25) is 0 Å². The summed E-state index contributed by atoms with van der Waals surface area (Å²) in [6.07, 6.45) is 0.584. The van der Waals surface area contributed by atoms with Crippen LogP contribution in [0.4, 0.5) is 0 Å². The summed E-state index contributed by atoms with van der Waals surface area (Å²) in [5.41, 5.74) is 2.26. The molecular weight excluding hydrogens is 314 g/mol. The molecule has 0 radical (unpaired) electrons. The van der Waals surface area contributed by atoms with Gasteiger partial charge in [-0.3, -0.25) is 4.99 Å². The molecule has 1 aliphatic rings. The smallest absolute Gasteiger partial charge is 0.339 e. The molecule has 0 spiro atoms. The van der Waals surface area contributed by atoms with Gasteiger partial charge in [0.15, 0.2) is 23.0 Å². The third-order valence-corrected chi connectivity index (χ3v) is 4.02. The highest BCUT2D eigenvalue weighted by molar-refractivity contribution is 5.97. The highest BCUT2D eigenvalue weighted by atomic mass is 16.4. The van der Waals surface area contributed by atoms with Gasteiger partial charge in [0.1, 0.15) is 5.56 Å². The molecule has 1 heterocycles. The number of benzene rings is 2. The standard InChI is InChI=1S/C17H15NO6/c19-12-2-1-8(15(16(12)22)17(23)24)3-11-4-9-5-13(20)14(21)6-10(9)7-18-11/h1-2,5-6,19-22H,3-4,7H2,(H,23,24). The summed E-state index contributed by atoms with van der Waals surface area (Å²) in [5.74, 6) is -2.92. The fourth-order valence-electron chi connectivity index (χ4n) is 2.79. The lowest BCUT2D eigenvalue weighted by Crippen LogP contribution is -2.16. The Balaban J connectivity index is 1.91. The second-order valence-corrected chi connectivity index (χ2v) is 5.62. The molecule has 0 amide bonds. The van der Waals surface area contributed by atoms with Crippen LogP contribution in [0.3, 0.4) is 0 Å². The zero-order chi connectivity index (χ0) is 17.4. The van der Waals surface area contributed by atoms with E-state index in [1.165, 1.54) is 24.3 Å². The maximum atomic E-state index is 11.3. The largest absolute Gasteiger partial charge is 0.504 e. The first kappa shape index (κ1) is 15.7. The molecule has 3 rings (SSSR count). The average molecular weight is 329 g/mol. The van der Waals surface area contributed by atoms with Crippen LogP contribution in [0.15, 0.2) is 29.3 Å². The van der Waals surface area contributed by atoms with Crippen molar-refractivity contribution in [2.45, 2.75) is 19.4 Å². The molecule has 2 aromatic rings. The lowest BCUT2D eigenvalue weighted by molar-refractivity contribution is 0.0692. The minimum absolute atomic E-state index is 0.191. The van der Waals surface area contributed by atoms with E-state index >= 15 is 0 Å². The van der Waals surface area contributed by atoms with E-state index in [1.54, 1.807) is 0 Å². The van der Waals surface area contributed by atoms with Crippen LogP contribution in [-0.2, 0) is 19.4 Å². The van der Waals surface area contributed by atoms with E-state index in [4.69, 9.17) is 0 Å². The highest BCUT2D eigenvalue weighted by Crippen LogP contribution is 2.34. The SMILES string of the molecule is O=C(O)c1c(CC2=NCc3cc(O)c(O)cc3C2)ccc(O)c1O. The summed E-state index contributed by atoms with van der Waals surface area (Å²) in [7, 11) is 0. The van der Waals surface area contributed by atoms with Crippen LogP contribution < -0.4 is 0 Å². The Kier molecular flexibility index (Phi) is 3.76. The van der Waals surface area contributed by atoms with Gasteiger partial charge in [-0.05, 0) is 34.9 Å². The number of nitrogens with zero attached hydrogens (tertiary/aromatic N) is 1. The Morgan fingerprint density at radius 1 is 1.00 bits per heavy atom. The monoisotopic (exact) mass is 329 g/mol. The van der Waals surface area contributed by atoms with Gasteiger partial charge < -0.3 is 25.5 Å². The van der Waals surface area contributed by atoms with Crippen molar-refractivity contribution in [3.05, 3.63) is 46.5 Å². The predicted octanol–water partition coefficient (Wildman–Crippen LogP) is 1.95. The van der Waals surface area contributed by atoms with Crippen LogP contribution in [0.1, 0.15) is 27.0 Å². The second kappa shape index (κ2) is 5.77. The van der Waals surface area contributed by atoms with Crippen molar-refractivity contribution in [3.63, 3.8) is 0 Å². The van der Waals surface area contributed by atoms with Gasteiger partial charge in [0.2, 0.25) is 0 Å². The third-order valence-electron chi connectivity index (χ3n) is 4.02. The number of hydrogen-bond acceptors (Lipinski definition) is 6. The minimum Gasteiger partial charge on any atom is -0.504 e. The van der Waals surface area contributed by atoms with Gasteiger partial charge in [0.05, 0.1) is 6.54 Å². The number of aromatic carboxylic acids is 1. The van der Waals surface area contributed by atoms with Gasteiger partial charge >= 0.3 is 5.97 Å². The topological polar surface area (TPSA) is 131 Å². The van der Waals surface area contributed by atoms with Gasteiger partial charge in [0.25, 0.3) is 0 Å². The van der Waals surface area contributed by atoms with E-state index in [0.29, 0.717) is 24.2 Å². The van der Waals surface area contributed by atoms with Crippen molar-refractivity contribution in [1.82, 2.24) is 0 Å². The Bertz CT molecular complexity index is 872. The number of carboxylic acids is 1. The summed E-state index contributed by atoms with van der Waals surface area (Å²) in [6, 6.07) is 5.59. The zero-order valence-electron chi connectivity index (χ0n) is 12.5. The van der Waals surface area contributed by atoms with Crippen molar-refractivity contribution < 1.29 is 30.3 Å². The molecular formula is C17H15NO6. The van der Waals surface area contributed by atoms with Gasteiger partial charge in [-0.1, -0.05) is 6.07 Å². The van der Waals surface area contributed by atoms with E-state index in [1.807, 2.05) is 0 Å². The van der Waals surface area contributed by atoms with E-state index in [9.17, 15) is 30.3 Å². The van der Waals surface area contributed by atoms with Crippen molar-refractivity contribution >= 4 is 11.7 Å². The number of hydrogen-bond donors (Lipinski definition) is 5. The fraction of sp³-hybridized carbons (Fsp3) is 0.176. The molecule has 24 heavy (non-hydrogen) atoms. The molecule has 1 aliphatic heterocycles. The van der Waals surface area contributed by atoms with Crippen LogP contribution in [0, 0.1) is 0 Å². The number of fused-ring (bicyclic) bond motifs is 1. The Labute approximate surface area is 136 Å². The van der Waals surface area contributed by atoms with Gasteiger partial charge in [0, 0.05) is 18.6 Å². The Morgan fingerprint density at radius 3 is 2.33 bits per heavy atom. The van der Waals surface area contributed by atoms with Crippen molar-refractivity contribution in [2.75, 3.05) is 0 Å². The maximum absolute atomic E-state index is 11.3. The lowest BCUT2D eigenvalue weighted by atomic mass is 9.93. The van der Waals surface area contributed by atoms with Crippen molar-refractivity contribution in [2.24, 2.45) is 4.99 Å². The summed E-state index contributed by atoms with van der Waals surface area (Å²) >= 11 is 0. The molecule has 2 aromatic carbocycles. The molecule has 0 saturated carbocycles. The quantitative estimate of drug-likeness (QED) is 0.547. The number of carboxylic acid groups (broad SMARTS) is 1. The van der Waals surface area contributed by atoms with Gasteiger partial charge in [-0.2, -0.15) is 0 Å². The normalized spacial score (nSPS) is 13.2. The molecule has 0 unspecified atom stereocenters. The Hall–Kier alpha value is -3.22. The second-order valence-electron chi connectivity index (χ2n) is 5.62. The molecule has 0 aromatic heterocycles. The minimum atomic E-state index is -1.34. The molecule has 0 bridgehead atoms. The molecule has 7 heteroatoms. The van der Waals surface area contributed by atoms with Gasteiger partial charge in [-0.15, -0.1) is 0 Å². The molecule has 124 valence electrons. The van der Waals surface area contributed by atoms with E-state index < -0.39 is 17.5 Å². The molecule has 0 saturated heterocycles. The Morgan fingerprint density at radius 2 is 1.67 bits per heavy atom. The maximum Gasteiger partial charge on any atom is 0.339 e. The lowest BCUT2D eigenvalue weighted by Gasteiger charge is -2.18. The number of rotatable bonds is 3. The van der Waals surface area contributed by atoms with E-state index in [-0.39, 0.29) is 23.5 Å². The molecule has 5 N–H and O–H groups in total. The summed E-state index contributed by atoms with van der Waals surface area (Å²) in [5, 5.41) is 47.6. The van der Waals surface area contributed by atoms with Crippen LogP contribution >= 0.6 is 0 Å². The number of carbonyl (C=O) groups is 1. The molecule has 7 nitrogen and oxygen atoms in total. The predicted molar refractivity (Wildman–Crippen MR) is 85.0 cm³/mol. The number of phenols is 4. The van der Waals surface area contributed by atoms with Crippen molar-refractivity contribution in [3.8, 4) is 23.0 Å². The third kappa shape index (κ3) is 2.71. The zero-order valence-corrected chi connectivity index (χ0v) is 12.5. The van der Waals surface area contributed by atoms with E-state index in [0.717, 1.165) is 11.1 Å². The first-order chi connectivity index (χ1) is 11.4. The number of phenolic OH excluding ortho intramolecular Hbond substituents is 3. The molecule has 0 aliphatic carbocycles. The summed E-state index contributed by atoms with van der Waals surface area (Å²) in [6.45, 7) is 0.310. The number of aromatic hydroxyl groups is 4. The van der Waals surface area contributed by atoms with Crippen LogP contribution in [0.25, 0.3) is 0 Å². The first-order valence-corrected chi connectivity index (χ1v) is 7.20.